The number of hydrogen-bond donors (Lipinski definition) is 1. The van der Waals surface area contributed by atoms with Crippen LogP contribution in [-0.2, 0) is 14.3 Å². The zero-order valence-electron chi connectivity index (χ0n) is 12.2. The van der Waals surface area contributed by atoms with E-state index in [2.05, 4.69) is 5.32 Å². The van der Waals surface area contributed by atoms with Crippen molar-refractivity contribution in [3.63, 3.8) is 0 Å². The summed E-state index contributed by atoms with van der Waals surface area (Å²) in [6.45, 7) is -0.350. The third-order valence-electron chi connectivity index (χ3n) is 2.72. The summed E-state index contributed by atoms with van der Waals surface area (Å²) in [5.41, 5.74) is 0.397. The van der Waals surface area contributed by atoms with E-state index in [9.17, 15) is 9.59 Å². The third kappa shape index (κ3) is 5.77. The van der Waals surface area contributed by atoms with Crippen LogP contribution >= 0.6 is 23.1 Å². The summed E-state index contributed by atoms with van der Waals surface area (Å²) < 4.78 is 4.92. The van der Waals surface area contributed by atoms with Crippen LogP contribution < -0.4 is 5.32 Å². The van der Waals surface area contributed by atoms with Crippen LogP contribution in [0.15, 0.2) is 46.7 Å². The van der Waals surface area contributed by atoms with E-state index in [1.54, 1.807) is 23.2 Å². The number of anilines is 1. The molecule has 0 saturated heterocycles. The van der Waals surface area contributed by atoms with Gasteiger partial charge in [-0.2, -0.15) is 5.26 Å². The Bertz CT molecular complexity index is 708. The summed E-state index contributed by atoms with van der Waals surface area (Å²) in [4.78, 5) is 24.4. The van der Waals surface area contributed by atoms with Gasteiger partial charge in [-0.25, -0.2) is 0 Å². The maximum absolute atomic E-state index is 11.7. The molecule has 0 atom stereocenters. The number of thioether (sulfide) groups is 1. The Morgan fingerprint density at radius 2 is 2.04 bits per heavy atom. The summed E-state index contributed by atoms with van der Waals surface area (Å²) in [5.74, 6) is -0.281. The van der Waals surface area contributed by atoms with Crippen LogP contribution in [0.5, 0.6) is 0 Å². The minimum absolute atomic E-state index is 0.231. The van der Waals surface area contributed by atoms with Crippen molar-refractivity contribution in [2.24, 2.45) is 0 Å². The van der Waals surface area contributed by atoms with Crippen molar-refractivity contribution < 1.29 is 14.3 Å². The van der Waals surface area contributed by atoms with Gasteiger partial charge in [0.25, 0.3) is 5.91 Å². The van der Waals surface area contributed by atoms with E-state index in [0.717, 1.165) is 4.90 Å². The molecule has 0 spiro atoms. The lowest BCUT2D eigenvalue weighted by Crippen LogP contribution is -2.20. The molecule has 0 aliphatic rings. The molecule has 1 N–H and O–H groups in total. The summed E-state index contributed by atoms with van der Waals surface area (Å²) in [5, 5.41) is 13.6. The lowest BCUT2D eigenvalue weighted by molar-refractivity contribution is -0.146. The molecule has 0 unspecified atom stereocenters. The molecule has 5 nitrogen and oxygen atoms in total. The van der Waals surface area contributed by atoms with Gasteiger partial charge in [0.05, 0.1) is 12.0 Å². The zero-order valence-corrected chi connectivity index (χ0v) is 13.8. The van der Waals surface area contributed by atoms with E-state index >= 15 is 0 Å². The molecular weight excluding hydrogens is 332 g/mol. The van der Waals surface area contributed by atoms with Gasteiger partial charge in [-0.15, -0.1) is 23.1 Å². The molecule has 7 heteroatoms. The van der Waals surface area contributed by atoms with Crippen molar-refractivity contribution >= 4 is 40.0 Å². The maximum atomic E-state index is 11.7. The minimum atomic E-state index is -0.451. The molecule has 1 aromatic heterocycles. The first-order chi connectivity index (χ1) is 11.2. The van der Waals surface area contributed by atoms with E-state index in [-0.39, 0.29) is 13.0 Å². The van der Waals surface area contributed by atoms with Crippen molar-refractivity contribution in [2.75, 3.05) is 17.7 Å². The van der Waals surface area contributed by atoms with Crippen molar-refractivity contribution in [2.45, 2.75) is 11.3 Å². The fourth-order valence-electron chi connectivity index (χ4n) is 1.64. The third-order valence-corrected chi connectivity index (χ3v) is 4.56. The Kier molecular flexibility index (Phi) is 6.66. The summed E-state index contributed by atoms with van der Waals surface area (Å²) in [7, 11) is 0. The molecule has 1 amide bonds. The summed E-state index contributed by atoms with van der Waals surface area (Å²) in [6.07, 6.45) is 0.231. The molecule has 0 aliphatic carbocycles. The molecule has 0 fully saturated rings. The van der Waals surface area contributed by atoms with Gasteiger partial charge in [-0.05, 0) is 23.6 Å². The topological polar surface area (TPSA) is 79.2 Å². The maximum Gasteiger partial charge on any atom is 0.307 e. The molecule has 118 valence electrons. The summed E-state index contributed by atoms with van der Waals surface area (Å²) >= 11 is 2.81. The van der Waals surface area contributed by atoms with Gasteiger partial charge in [-0.1, -0.05) is 18.2 Å². The van der Waals surface area contributed by atoms with E-state index in [1.165, 1.54) is 11.3 Å². The number of thiophene rings is 1. The van der Waals surface area contributed by atoms with Crippen LogP contribution in [0.25, 0.3) is 0 Å². The molecule has 23 heavy (non-hydrogen) atoms. The molecule has 0 aliphatic heterocycles. The Morgan fingerprint density at radius 1 is 1.26 bits per heavy atom. The highest BCUT2D eigenvalue weighted by atomic mass is 32.2. The van der Waals surface area contributed by atoms with Crippen molar-refractivity contribution in [1.29, 1.82) is 5.26 Å². The molecule has 0 saturated carbocycles. The van der Waals surface area contributed by atoms with Gasteiger partial charge in [0.15, 0.2) is 6.61 Å². The van der Waals surface area contributed by atoms with E-state index in [1.807, 2.05) is 36.4 Å². The number of nitrogens with one attached hydrogen (secondary N) is 1. The van der Waals surface area contributed by atoms with Gasteiger partial charge in [0, 0.05) is 10.6 Å². The quantitative estimate of drug-likeness (QED) is 0.615. The Balaban J connectivity index is 1.66. The van der Waals surface area contributed by atoms with Gasteiger partial charge < -0.3 is 10.1 Å². The normalized spacial score (nSPS) is 9.87. The van der Waals surface area contributed by atoms with Crippen LogP contribution in [0.1, 0.15) is 12.0 Å². The first-order valence-corrected chi connectivity index (χ1v) is 8.66. The first kappa shape index (κ1) is 17.1. The highest BCUT2D eigenvalue weighted by molar-refractivity contribution is 7.99. The van der Waals surface area contributed by atoms with Crippen molar-refractivity contribution in [3.8, 4) is 6.07 Å². The smallest absolute Gasteiger partial charge is 0.307 e. The molecule has 2 rings (SSSR count). The molecular formula is C16H14N2O3S2. The van der Waals surface area contributed by atoms with Crippen LogP contribution in [0.2, 0.25) is 0 Å². The molecule has 0 bridgehead atoms. The second kappa shape index (κ2) is 8.98. The van der Waals surface area contributed by atoms with Crippen molar-refractivity contribution in [3.05, 3.63) is 47.3 Å². The standard InChI is InChI=1S/C16H14N2O3S2/c17-10-12-6-8-23-16(12)18-14(19)11-21-15(20)7-9-22-13-4-2-1-3-5-13/h1-6,8H,7,9,11H2,(H,18,19). The number of carbonyl (C=O) groups is 2. The number of carbonyl (C=O) groups excluding carboxylic acids is 2. The van der Waals surface area contributed by atoms with Crippen LogP contribution in [0, 0.1) is 11.3 Å². The Labute approximate surface area is 142 Å². The van der Waals surface area contributed by atoms with Crippen LogP contribution in [-0.4, -0.2) is 24.2 Å². The number of nitriles is 1. The van der Waals surface area contributed by atoms with Gasteiger partial charge >= 0.3 is 5.97 Å². The average Bonchev–Trinajstić information content (AvgIpc) is 3.01. The summed E-state index contributed by atoms with van der Waals surface area (Å²) in [6, 6.07) is 13.3. The fraction of sp³-hybridized carbons (Fsp3) is 0.188. The van der Waals surface area contributed by atoms with Gasteiger partial charge in [0.1, 0.15) is 11.1 Å². The number of ether oxygens (including phenoxy) is 1. The highest BCUT2D eigenvalue weighted by Crippen LogP contribution is 2.22. The Hall–Kier alpha value is -2.30. The van der Waals surface area contributed by atoms with E-state index in [4.69, 9.17) is 10.00 Å². The second-order valence-electron chi connectivity index (χ2n) is 4.40. The number of rotatable bonds is 7. The molecule has 1 heterocycles. The lowest BCUT2D eigenvalue weighted by atomic mass is 10.3. The number of esters is 1. The van der Waals surface area contributed by atoms with E-state index < -0.39 is 11.9 Å². The number of nitrogens with zero attached hydrogens (tertiary/aromatic N) is 1. The first-order valence-electron chi connectivity index (χ1n) is 6.80. The molecule has 2 aromatic rings. The monoisotopic (exact) mass is 346 g/mol. The SMILES string of the molecule is N#Cc1ccsc1NC(=O)COC(=O)CCSc1ccccc1. The van der Waals surface area contributed by atoms with E-state index in [0.29, 0.717) is 16.3 Å². The largest absolute Gasteiger partial charge is 0.456 e. The average molecular weight is 346 g/mol. The fourth-order valence-corrected chi connectivity index (χ4v) is 3.25. The van der Waals surface area contributed by atoms with Gasteiger partial charge in [0.2, 0.25) is 0 Å². The van der Waals surface area contributed by atoms with Gasteiger partial charge in [-0.3, -0.25) is 9.59 Å². The number of amides is 1. The molecule has 0 radical (unpaired) electrons. The predicted molar refractivity (Wildman–Crippen MR) is 90.4 cm³/mol. The lowest BCUT2D eigenvalue weighted by Gasteiger charge is -2.05. The highest BCUT2D eigenvalue weighted by Gasteiger charge is 2.11. The van der Waals surface area contributed by atoms with Crippen LogP contribution in [0.3, 0.4) is 0 Å². The predicted octanol–water partition coefficient (Wildman–Crippen LogP) is 3.28. The second-order valence-corrected chi connectivity index (χ2v) is 6.48. The minimum Gasteiger partial charge on any atom is -0.456 e. The van der Waals surface area contributed by atoms with Crippen LogP contribution in [0.4, 0.5) is 5.00 Å². The molecule has 1 aromatic carbocycles. The Morgan fingerprint density at radius 3 is 2.78 bits per heavy atom. The number of hydrogen-bond acceptors (Lipinski definition) is 6. The van der Waals surface area contributed by atoms with Crippen molar-refractivity contribution in [1.82, 2.24) is 0 Å². The zero-order chi connectivity index (χ0) is 16.5. The number of benzene rings is 1.